The molecule has 1 aromatic carbocycles. The summed E-state index contributed by atoms with van der Waals surface area (Å²) in [6, 6.07) is 3.41. The van der Waals surface area contributed by atoms with Crippen molar-refractivity contribution in [1.29, 1.82) is 0 Å². The van der Waals surface area contributed by atoms with E-state index < -0.39 is 5.60 Å². The highest BCUT2D eigenvalue weighted by Crippen LogP contribution is 2.39. The molecule has 0 aromatic heterocycles. The van der Waals surface area contributed by atoms with Crippen molar-refractivity contribution in [3.63, 3.8) is 0 Å². The molecule has 15 heavy (non-hydrogen) atoms. The largest absolute Gasteiger partial charge is 0.476 e. The molecule has 0 radical (unpaired) electrons. The van der Waals surface area contributed by atoms with Gasteiger partial charge >= 0.3 is 0 Å². The molecule has 0 fully saturated rings. The first-order valence-corrected chi connectivity index (χ1v) is 5.57. The molecular formula is C10H9BrClNO2. The number of rotatable bonds is 0. The van der Waals surface area contributed by atoms with E-state index in [1.165, 1.54) is 0 Å². The standard InChI is InChI=1S/C10H9BrClNO2/c1-10(2)9(14)13-7-4-6(12)5(11)3-8(7)15-10/h3-4H,1-2H3,(H,13,14). The van der Waals surface area contributed by atoms with Crippen LogP contribution in [0.4, 0.5) is 5.69 Å². The maximum absolute atomic E-state index is 11.6. The number of halogens is 2. The van der Waals surface area contributed by atoms with Crippen LogP contribution in [-0.4, -0.2) is 11.5 Å². The maximum Gasteiger partial charge on any atom is 0.268 e. The summed E-state index contributed by atoms with van der Waals surface area (Å²) < 4.78 is 6.31. The van der Waals surface area contributed by atoms with E-state index in [0.717, 1.165) is 4.47 Å². The number of amides is 1. The molecule has 1 aliphatic rings. The fourth-order valence-corrected chi connectivity index (χ4v) is 1.79. The lowest BCUT2D eigenvalue weighted by molar-refractivity contribution is -0.129. The van der Waals surface area contributed by atoms with E-state index in [1.54, 1.807) is 26.0 Å². The van der Waals surface area contributed by atoms with Gasteiger partial charge in [-0.05, 0) is 41.9 Å². The Labute approximate surface area is 101 Å². The minimum atomic E-state index is -0.847. The summed E-state index contributed by atoms with van der Waals surface area (Å²) in [5.74, 6) is 0.448. The lowest BCUT2D eigenvalue weighted by Gasteiger charge is -2.31. The third kappa shape index (κ3) is 1.84. The van der Waals surface area contributed by atoms with Crippen molar-refractivity contribution in [1.82, 2.24) is 0 Å². The number of benzene rings is 1. The van der Waals surface area contributed by atoms with Gasteiger partial charge in [-0.15, -0.1) is 0 Å². The summed E-state index contributed by atoms with van der Waals surface area (Å²) in [6.45, 7) is 3.43. The van der Waals surface area contributed by atoms with Gasteiger partial charge in [-0.1, -0.05) is 11.6 Å². The first kappa shape index (κ1) is 10.8. The molecule has 1 amide bonds. The van der Waals surface area contributed by atoms with E-state index in [-0.39, 0.29) is 5.91 Å². The zero-order chi connectivity index (χ0) is 11.2. The van der Waals surface area contributed by atoms with E-state index in [9.17, 15) is 4.79 Å². The van der Waals surface area contributed by atoms with Crippen LogP contribution in [0, 0.1) is 0 Å². The van der Waals surface area contributed by atoms with Gasteiger partial charge in [-0.2, -0.15) is 0 Å². The van der Waals surface area contributed by atoms with Crippen LogP contribution in [-0.2, 0) is 4.79 Å². The molecule has 1 aromatic rings. The number of hydrogen-bond donors (Lipinski definition) is 1. The van der Waals surface area contributed by atoms with Crippen LogP contribution in [0.15, 0.2) is 16.6 Å². The summed E-state index contributed by atoms with van der Waals surface area (Å²) in [7, 11) is 0. The Morgan fingerprint density at radius 1 is 1.47 bits per heavy atom. The van der Waals surface area contributed by atoms with Crippen LogP contribution < -0.4 is 10.1 Å². The minimum Gasteiger partial charge on any atom is -0.476 e. The predicted molar refractivity (Wildman–Crippen MR) is 62.5 cm³/mol. The van der Waals surface area contributed by atoms with Crippen molar-refractivity contribution < 1.29 is 9.53 Å². The van der Waals surface area contributed by atoms with Gasteiger partial charge in [0, 0.05) is 4.47 Å². The molecule has 1 N–H and O–H groups in total. The van der Waals surface area contributed by atoms with Crippen LogP contribution in [0.25, 0.3) is 0 Å². The Kier molecular flexibility index (Phi) is 2.43. The molecule has 3 nitrogen and oxygen atoms in total. The number of carbonyl (C=O) groups is 1. The summed E-state index contributed by atoms with van der Waals surface area (Å²) in [4.78, 5) is 11.6. The van der Waals surface area contributed by atoms with Crippen LogP contribution >= 0.6 is 27.5 Å². The first-order valence-electron chi connectivity index (χ1n) is 4.40. The van der Waals surface area contributed by atoms with Gasteiger partial charge < -0.3 is 10.1 Å². The van der Waals surface area contributed by atoms with Gasteiger partial charge in [-0.3, -0.25) is 4.79 Å². The monoisotopic (exact) mass is 289 g/mol. The second kappa shape index (κ2) is 3.39. The maximum atomic E-state index is 11.6. The Bertz CT molecular complexity index is 445. The Hall–Kier alpha value is -0.740. The van der Waals surface area contributed by atoms with E-state index in [4.69, 9.17) is 16.3 Å². The van der Waals surface area contributed by atoms with Crippen molar-refractivity contribution in [2.24, 2.45) is 0 Å². The van der Waals surface area contributed by atoms with Crippen LogP contribution in [0.2, 0.25) is 5.02 Å². The van der Waals surface area contributed by atoms with E-state index in [2.05, 4.69) is 21.2 Å². The summed E-state index contributed by atoms with van der Waals surface area (Å²) in [5, 5.41) is 3.29. The third-order valence-corrected chi connectivity index (χ3v) is 3.38. The molecule has 0 aliphatic carbocycles. The van der Waals surface area contributed by atoms with E-state index in [0.29, 0.717) is 16.5 Å². The molecule has 1 aliphatic heterocycles. The van der Waals surface area contributed by atoms with Crippen LogP contribution in [0.3, 0.4) is 0 Å². The molecule has 1 heterocycles. The number of anilines is 1. The molecule has 0 bridgehead atoms. The fourth-order valence-electron chi connectivity index (χ4n) is 1.30. The van der Waals surface area contributed by atoms with Gasteiger partial charge in [0.05, 0.1) is 10.7 Å². The lowest BCUT2D eigenvalue weighted by Crippen LogP contribution is -2.45. The van der Waals surface area contributed by atoms with Crippen LogP contribution in [0.5, 0.6) is 5.75 Å². The second-order valence-electron chi connectivity index (χ2n) is 3.83. The molecule has 5 heteroatoms. The zero-order valence-electron chi connectivity index (χ0n) is 8.23. The normalized spacial score (nSPS) is 17.7. The first-order chi connectivity index (χ1) is 6.90. The second-order valence-corrected chi connectivity index (χ2v) is 5.09. The molecule has 0 unspecified atom stereocenters. The summed E-state index contributed by atoms with van der Waals surface area (Å²) >= 11 is 9.21. The van der Waals surface area contributed by atoms with Crippen molar-refractivity contribution in [2.45, 2.75) is 19.4 Å². The molecule has 0 spiro atoms. The smallest absolute Gasteiger partial charge is 0.268 e. The summed E-state index contributed by atoms with van der Waals surface area (Å²) in [5.41, 5.74) is -0.243. The number of fused-ring (bicyclic) bond motifs is 1. The Morgan fingerprint density at radius 3 is 2.80 bits per heavy atom. The van der Waals surface area contributed by atoms with Crippen molar-refractivity contribution in [3.8, 4) is 5.75 Å². The topological polar surface area (TPSA) is 38.3 Å². The molecule has 2 rings (SSSR count). The highest BCUT2D eigenvalue weighted by Gasteiger charge is 2.35. The zero-order valence-corrected chi connectivity index (χ0v) is 10.6. The van der Waals surface area contributed by atoms with Gasteiger partial charge in [0.2, 0.25) is 0 Å². The summed E-state index contributed by atoms with van der Waals surface area (Å²) in [6.07, 6.45) is 0. The van der Waals surface area contributed by atoms with Gasteiger partial charge in [0.15, 0.2) is 5.60 Å². The quantitative estimate of drug-likeness (QED) is 0.797. The molecular weight excluding hydrogens is 281 g/mol. The number of ether oxygens (including phenoxy) is 1. The van der Waals surface area contributed by atoms with Crippen molar-refractivity contribution in [2.75, 3.05) is 5.32 Å². The van der Waals surface area contributed by atoms with E-state index >= 15 is 0 Å². The van der Waals surface area contributed by atoms with Gasteiger partial charge in [0.1, 0.15) is 5.75 Å². The Morgan fingerprint density at radius 2 is 2.13 bits per heavy atom. The Balaban J connectivity index is 2.51. The molecule has 0 saturated carbocycles. The average Bonchev–Trinajstić information content (AvgIpc) is 2.11. The van der Waals surface area contributed by atoms with Gasteiger partial charge in [0.25, 0.3) is 5.91 Å². The fraction of sp³-hybridized carbons (Fsp3) is 0.300. The highest BCUT2D eigenvalue weighted by molar-refractivity contribution is 9.10. The highest BCUT2D eigenvalue weighted by atomic mass is 79.9. The number of hydrogen-bond acceptors (Lipinski definition) is 2. The van der Waals surface area contributed by atoms with Crippen molar-refractivity contribution >= 4 is 39.1 Å². The molecule has 80 valence electrons. The number of nitrogens with one attached hydrogen (secondary N) is 1. The SMILES string of the molecule is CC1(C)Oc2cc(Br)c(Cl)cc2NC1=O. The molecule has 0 atom stereocenters. The minimum absolute atomic E-state index is 0.173. The van der Waals surface area contributed by atoms with Crippen LogP contribution in [0.1, 0.15) is 13.8 Å². The average molecular weight is 291 g/mol. The molecule has 0 saturated heterocycles. The number of carbonyl (C=O) groups excluding carboxylic acids is 1. The van der Waals surface area contributed by atoms with E-state index in [1.807, 2.05) is 0 Å². The van der Waals surface area contributed by atoms with Crippen molar-refractivity contribution in [3.05, 3.63) is 21.6 Å². The predicted octanol–water partition coefficient (Wildman–Crippen LogP) is 3.21. The van der Waals surface area contributed by atoms with Gasteiger partial charge in [-0.25, -0.2) is 0 Å². The third-order valence-electron chi connectivity index (χ3n) is 2.18. The lowest BCUT2D eigenvalue weighted by atomic mass is 10.1.